The Labute approximate surface area is 151 Å². The highest BCUT2D eigenvalue weighted by molar-refractivity contribution is 7.91. The molecular weight excluding hydrogens is 334 g/mol. The fraction of sp³-hybridized carbons (Fsp3) is 0.650. The lowest BCUT2D eigenvalue weighted by Gasteiger charge is -2.39. The molecule has 1 aromatic rings. The Morgan fingerprint density at radius 2 is 1.84 bits per heavy atom. The van der Waals surface area contributed by atoms with Gasteiger partial charge in [-0.15, -0.1) is 0 Å². The number of hydrogen-bond donors (Lipinski definition) is 1. The monoisotopic (exact) mass is 363 g/mol. The number of hydrogen-bond acceptors (Lipinski definition) is 3. The van der Waals surface area contributed by atoms with Gasteiger partial charge in [-0.25, -0.2) is 8.42 Å². The number of aryl methyl sites for hydroxylation is 1. The van der Waals surface area contributed by atoms with Crippen molar-refractivity contribution in [2.45, 2.75) is 64.3 Å². The number of rotatable bonds is 5. The van der Waals surface area contributed by atoms with Crippen LogP contribution in [-0.4, -0.2) is 26.1 Å². The molecule has 2 fully saturated rings. The summed E-state index contributed by atoms with van der Waals surface area (Å²) in [5.41, 5.74) is 1.37. The molecule has 5 heteroatoms. The van der Waals surface area contributed by atoms with Gasteiger partial charge in [0.2, 0.25) is 5.91 Å². The molecule has 0 heterocycles. The molecule has 1 aromatic carbocycles. The van der Waals surface area contributed by atoms with Crippen LogP contribution in [0.3, 0.4) is 0 Å². The number of carbonyl (C=O) groups is 1. The van der Waals surface area contributed by atoms with Crippen LogP contribution < -0.4 is 5.32 Å². The van der Waals surface area contributed by atoms with Crippen molar-refractivity contribution in [3.05, 3.63) is 29.8 Å². The summed E-state index contributed by atoms with van der Waals surface area (Å²) in [4.78, 5) is 12.7. The molecule has 2 saturated carbocycles. The fourth-order valence-electron chi connectivity index (χ4n) is 4.78. The Balaban J connectivity index is 1.60. The van der Waals surface area contributed by atoms with E-state index in [-0.39, 0.29) is 35.0 Å². The van der Waals surface area contributed by atoms with Crippen LogP contribution in [0.25, 0.3) is 0 Å². The van der Waals surface area contributed by atoms with Gasteiger partial charge in [-0.2, -0.15) is 0 Å². The smallest absolute Gasteiger partial charge is 0.221 e. The van der Waals surface area contributed by atoms with Crippen LogP contribution in [0.5, 0.6) is 0 Å². The maximum atomic E-state index is 12.4. The Morgan fingerprint density at radius 3 is 2.36 bits per heavy atom. The topological polar surface area (TPSA) is 63.2 Å². The van der Waals surface area contributed by atoms with Gasteiger partial charge < -0.3 is 5.32 Å². The highest BCUT2D eigenvalue weighted by Gasteiger charge is 2.61. The molecule has 4 nitrogen and oxygen atoms in total. The summed E-state index contributed by atoms with van der Waals surface area (Å²) in [6.45, 7) is 8.80. The van der Waals surface area contributed by atoms with Crippen LogP contribution in [0, 0.1) is 23.7 Å². The van der Waals surface area contributed by atoms with Crippen molar-refractivity contribution in [1.82, 2.24) is 5.32 Å². The molecule has 3 rings (SSSR count). The Morgan fingerprint density at radius 1 is 1.20 bits per heavy atom. The van der Waals surface area contributed by atoms with Crippen LogP contribution in [0.15, 0.2) is 29.2 Å². The van der Waals surface area contributed by atoms with Crippen molar-refractivity contribution in [1.29, 1.82) is 0 Å². The second-order valence-electron chi connectivity index (χ2n) is 8.61. The largest absolute Gasteiger partial charge is 0.353 e. The van der Waals surface area contributed by atoms with Gasteiger partial charge in [-0.1, -0.05) is 38.5 Å². The third-order valence-electron chi connectivity index (χ3n) is 7.11. The molecule has 0 aromatic heterocycles. The molecule has 3 unspecified atom stereocenters. The van der Waals surface area contributed by atoms with E-state index in [9.17, 15) is 13.2 Å². The molecule has 1 amide bonds. The van der Waals surface area contributed by atoms with Crippen molar-refractivity contribution in [2.24, 2.45) is 16.7 Å². The van der Waals surface area contributed by atoms with E-state index >= 15 is 0 Å². The number of nitrogens with one attached hydrogen (secondary N) is 1. The third-order valence-corrected chi connectivity index (χ3v) is 8.84. The van der Waals surface area contributed by atoms with Gasteiger partial charge in [0.25, 0.3) is 0 Å². The van der Waals surface area contributed by atoms with Gasteiger partial charge in [0, 0.05) is 12.5 Å². The molecule has 3 atom stereocenters. The molecule has 2 aliphatic carbocycles. The molecule has 0 saturated heterocycles. The molecule has 0 aliphatic heterocycles. The predicted octanol–water partition coefficient (Wildman–Crippen LogP) is 3.49. The molecule has 2 bridgehead atoms. The third kappa shape index (κ3) is 3.12. The van der Waals surface area contributed by atoms with E-state index in [0.717, 1.165) is 18.4 Å². The zero-order valence-electron chi connectivity index (χ0n) is 15.6. The number of benzene rings is 1. The summed E-state index contributed by atoms with van der Waals surface area (Å²) >= 11 is 0. The van der Waals surface area contributed by atoms with E-state index < -0.39 is 9.84 Å². The highest BCUT2D eigenvalue weighted by Crippen LogP contribution is 2.65. The first-order chi connectivity index (χ1) is 11.6. The average Bonchev–Trinajstić information content (AvgIpc) is 2.87. The van der Waals surface area contributed by atoms with Crippen molar-refractivity contribution in [3.8, 4) is 0 Å². The molecule has 2 aliphatic rings. The summed E-state index contributed by atoms with van der Waals surface area (Å²) in [6, 6.07) is 6.95. The summed E-state index contributed by atoms with van der Waals surface area (Å²) in [6.07, 6.45) is 3.41. The zero-order valence-corrected chi connectivity index (χ0v) is 16.4. The number of fused-ring (bicyclic) bond motifs is 2. The molecular formula is C20H29NO3S. The molecule has 0 spiro atoms. The SMILES string of the molecule is Cc1ccc(S(=O)(=O)CCC(=O)NC2CC3CCC2(C)C3(C)C)cc1. The Bertz CT molecular complexity index is 767. The lowest BCUT2D eigenvalue weighted by molar-refractivity contribution is -0.122. The Kier molecular flexibility index (Phi) is 4.51. The lowest BCUT2D eigenvalue weighted by Crippen LogP contribution is -2.47. The van der Waals surface area contributed by atoms with Gasteiger partial charge in [-0.05, 0) is 55.1 Å². The second kappa shape index (κ2) is 6.11. The van der Waals surface area contributed by atoms with E-state index in [1.807, 2.05) is 6.92 Å². The minimum absolute atomic E-state index is 0.0217. The number of amides is 1. The van der Waals surface area contributed by atoms with Crippen LogP contribution in [0.4, 0.5) is 0 Å². The van der Waals surface area contributed by atoms with Gasteiger partial charge in [0.15, 0.2) is 9.84 Å². The van der Waals surface area contributed by atoms with Crippen molar-refractivity contribution in [3.63, 3.8) is 0 Å². The van der Waals surface area contributed by atoms with Gasteiger partial charge in [-0.3, -0.25) is 4.79 Å². The Hall–Kier alpha value is -1.36. The second-order valence-corrected chi connectivity index (χ2v) is 10.7. The van der Waals surface area contributed by atoms with Crippen molar-refractivity contribution < 1.29 is 13.2 Å². The molecule has 0 radical (unpaired) electrons. The average molecular weight is 364 g/mol. The highest BCUT2D eigenvalue weighted by atomic mass is 32.2. The van der Waals surface area contributed by atoms with Crippen LogP contribution in [0.1, 0.15) is 52.0 Å². The molecule has 138 valence electrons. The zero-order chi connectivity index (χ0) is 18.5. The predicted molar refractivity (Wildman–Crippen MR) is 99.0 cm³/mol. The number of carbonyl (C=O) groups excluding carboxylic acids is 1. The van der Waals surface area contributed by atoms with E-state index in [1.165, 1.54) is 6.42 Å². The maximum Gasteiger partial charge on any atom is 0.221 e. The molecule has 25 heavy (non-hydrogen) atoms. The summed E-state index contributed by atoms with van der Waals surface area (Å²) in [5, 5.41) is 3.14. The lowest BCUT2D eigenvalue weighted by atomic mass is 9.69. The summed E-state index contributed by atoms with van der Waals surface area (Å²) < 4.78 is 24.8. The van der Waals surface area contributed by atoms with Crippen LogP contribution in [0.2, 0.25) is 0 Å². The first kappa shape index (κ1) is 18.4. The maximum absolute atomic E-state index is 12.4. The standard InChI is InChI=1S/C20H29NO3S/c1-14-5-7-16(8-6-14)25(23,24)12-10-18(22)21-17-13-15-9-11-20(17,4)19(15,2)3/h5-8,15,17H,9-13H2,1-4H3,(H,21,22). The quantitative estimate of drug-likeness (QED) is 0.871. The first-order valence-electron chi connectivity index (χ1n) is 9.15. The summed E-state index contributed by atoms with van der Waals surface area (Å²) in [7, 11) is -3.41. The minimum atomic E-state index is -3.41. The van der Waals surface area contributed by atoms with Crippen LogP contribution in [-0.2, 0) is 14.6 Å². The first-order valence-corrected chi connectivity index (χ1v) is 10.8. The normalized spacial score (nSPS) is 30.4. The van der Waals surface area contributed by atoms with E-state index in [0.29, 0.717) is 10.8 Å². The number of sulfone groups is 1. The van der Waals surface area contributed by atoms with Crippen molar-refractivity contribution in [2.75, 3.05) is 5.75 Å². The van der Waals surface area contributed by atoms with E-state index in [2.05, 4.69) is 26.1 Å². The molecule has 1 N–H and O–H groups in total. The van der Waals surface area contributed by atoms with Crippen molar-refractivity contribution >= 4 is 15.7 Å². The summed E-state index contributed by atoms with van der Waals surface area (Å²) in [5.74, 6) is 0.363. The minimum Gasteiger partial charge on any atom is -0.353 e. The van der Waals surface area contributed by atoms with Gasteiger partial charge in [0.05, 0.1) is 10.6 Å². The van der Waals surface area contributed by atoms with Gasteiger partial charge >= 0.3 is 0 Å². The van der Waals surface area contributed by atoms with Gasteiger partial charge in [0.1, 0.15) is 0 Å². The van der Waals surface area contributed by atoms with E-state index in [1.54, 1.807) is 24.3 Å². The van der Waals surface area contributed by atoms with Crippen LogP contribution >= 0.6 is 0 Å². The van der Waals surface area contributed by atoms with E-state index in [4.69, 9.17) is 0 Å². The fourth-order valence-corrected chi connectivity index (χ4v) is 6.02.